The lowest BCUT2D eigenvalue weighted by molar-refractivity contribution is -0.156. The van der Waals surface area contributed by atoms with Crippen LogP contribution in [0.25, 0.3) is 0 Å². The minimum Gasteiger partial charge on any atom is -0.332 e. The lowest BCUT2D eigenvalue weighted by Gasteiger charge is -2.41. The smallest absolute Gasteiger partial charge is 0.289 e. The Bertz CT molecular complexity index is 385. The average Bonchev–Trinajstić information content (AvgIpc) is 2.68. The maximum absolute atomic E-state index is 12.3. The number of thioether (sulfide) groups is 1. The predicted octanol–water partition coefficient (Wildman–Crippen LogP) is 0.937. The van der Waals surface area contributed by atoms with Crippen molar-refractivity contribution in [1.82, 2.24) is 9.80 Å². The maximum atomic E-state index is 12.3. The largest absolute Gasteiger partial charge is 0.332 e. The predicted molar refractivity (Wildman–Crippen MR) is 64.5 cm³/mol. The van der Waals surface area contributed by atoms with Crippen LogP contribution in [0.3, 0.4) is 0 Å². The van der Waals surface area contributed by atoms with Gasteiger partial charge < -0.3 is 4.90 Å². The standard InChI is InChI=1S/C11H16N2O3S/c1-4-6(2)8-10(15)13-7(5-17-11(13)16)9(14)12(8)3/h6-8H,4-5H2,1-3H3. The van der Waals surface area contributed by atoms with Crippen molar-refractivity contribution in [2.75, 3.05) is 12.8 Å². The molecule has 2 heterocycles. The summed E-state index contributed by atoms with van der Waals surface area (Å²) in [4.78, 5) is 38.7. The molecule has 0 aromatic rings. The highest BCUT2D eigenvalue weighted by molar-refractivity contribution is 8.14. The Morgan fingerprint density at radius 3 is 2.59 bits per heavy atom. The summed E-state index contributed by atoms with van der Waals surface area (Å²) in [5, 5.41) is -0.283. The molecule has 3 amide bonds. The van der Waals surface area contributed by atoms with E-state index in [1.54, 1.807) is 7.05 Å². The molecule has 0 aromatic heterocycles. The van der Waals surface area contributed by atoms with Gasteiger partial charge in [0.05, 0.1) is 0 Å². The molecule has 5 nitrogen and oxygen atoms in total. The number of piperazine rings is 1. The van der Waals surface area contributed by atoms with Crippen molar-refractivity contribution < 1.29 is 14.4 Å². The Kier molecular flexibility index (Phi) is 3.16. The summed E-state index contributed by atoms with van der Waals surface area (Å²) in [6, 6.07) is -1.07. The summed E-state index contributed by atoms with van der Waals surface area (Å²) in [6.07, 6.45) is 0.799. The first-order valence-corrected chi connectivity index (χ1v) is 6.74. The van der Waals surface area contributed by atoms with E-state index < -0.39 is 12.1 Å². The molecule has 0 aliphatic carbocycles. The van der Waals surface area contributed by atoms with E-state index in [2.05, 4.69) is 0 Å². The summed E-state index contributed by atoms with van der Waals surface area (Å²) in [5.41, 5.74) is 0. The zero-order chi connectivity index (χ0) is 12.7. The molecule has 0 saturated carbocycles. The number of fused-ring (bicyclic) bond motifs is 1. The van der Waals surface area contributed by atoms with Gasteiger partial charge in [0.2, 0.25) is 5.91 Å². The molecular weight excluding hydrogens is 240 g/mol. The van der Waals surface area contributed by atoms with Crippen molar-refractivity contribution in [3.63, 3.8) is 0 Å². The van der Waals surface area contributed by atoms with Crippen molar-refractivity contribution in [2.45, 2.75) is 32.4 Å². The highest BCUT2D eigenvalue weighted by Gasteiger charge is 2.51. The third-order valence-electron chi connectivity index (χ3n) is 3.60. The number of carbonyl (C=O) groups excluding carboxylic acids is 3. The number of likely N-dealkylation sites (N-methyl/N-ethyl adjacent to an activating group) is 1. The van der Waals surface area contributed by atoms with Crippen molar-refractivity contribution in [3.05, 3.63) is 0 Å². The molecule has 2 aliphatic rings. The fraction of sp³-hybridized carbons (Fsp3) is 0.727. The van der Waals surface area contributed by atoms with Crippen LogP contribution < -0.4 is 0 Å². The third-order valence-corrected chi connectivity index (χ3v) is 4.52. The molecular formula is C11H16N2O3S. The lowest BCUT2D eigenvalue weighted by Crippen LogP contribution is -2.64. The number of hydrogen-bond acceptors (Lipinski definition) is 4. The van der Waals surface area contributed by atoms with Gasteiger partial charge in [-0.15, -0.1) is 0 Å². The fourth-order valence-electron chi connectivity index (χ4n) is 2.38. The second-order valence-corrected chi connectivity index (χ2v) is 5.55. The first-order valence-electron chi connectivity index (χ1n) is 5.75. The Morgan fingerprint density at radius 2 is 2.00 bits per heavy atom. The van der Waals surface area contributed by atoms with Crippen LogP contribution in [-0.4, -0.2) is 51.7 Å². The summed E-state index contributed by atoms with van der Waals surface area (Å²) in [5.74, 6) is 0.117. The second-order valence-electron chi connectivity index (χ2n) is 4.58. The first-order chi connectivity index (χ1) is 7.99. The van der Waals surface area contributed by atoms with Crippen molar-refractivity contribution >= 4 is 28.8 Å². The topological polar surface area (TPSA) is 57.7 Å². The highest BCUT2D eigenvalue weighted by atomic mass is 32.2. The van der Waals surface area contributed by atoms with Crippen molar-refractivity contribution in [1.29, 1.82) is 0 Å². The average molecular weight is 256 g/mol. The van der Waals surface area contributed by atoms with Crippen LogP contribution in [0, 0.1) is 5.92 Å². The normalized spacial score (nSPS) is 30.9. The molecule has 6 heteroatoms. The molecule has 2 rings (SSSR count). The number of nitrogens with zero attached hydrogens (tertiary/aromatic N) is 2. The maximum Gasteiger partial charge on any atom is 0.289 e. The highest BCUT2D eigenvalue weighted by Crippen LogP contribution is 2.32. The van der Waals surface area contributed by atoms with Crippen LogP contribution in [0.2, 0.25) is 0 Å². The molecule has 2 fully saturated rings. The molecule has 0 N–H and O–H groups in total. The van der Waals surface area contributed by atoms with E-state index in [9.17, 15) is 14.4 Å². The van der Waals surface area contributed by atoms with Gasteiger partial charge >= 0.3 is 0 Å². The van der Waals surface area contributed by atoms with E-state index >= 15 is 0 Å². The zero-order valence-corrected chi connectivity index (χ0v) is 11.0. The minimum atomic E-state index is -0.578. The van der Waals surface area contributed by atoms with Crippen LogP contribution in [0.15, 0.2) is 0 Å². The van der Waals surface area contributed by atoms with Gasteiger partial charge in [-0.25, -0.2) is 0 Å². The molecule has 2 saturated heterocycles. The monoisotopic (exact) mass is 256 g/mol. The second kappa shape index (κ2) is 4.33. The molecule has 3 unspecified atom stereocenters. The van der Waals surface area contributed by atoms with Crippen molar-refractivity contribution in [3.8, 4) is 0 Å². The van der Waals surface area contributed by atoms with Gasteiger partial charge in [0, 0.05) is 12.8 Å². The molecule has 0 radical (unpaired) electrons. The molecule has 2 aliphatic heterocycles. The van der Waals surface area contributed by atoms with Gasteiger partial charge in [-0.05, 0) is 5.92 Å². The van der Waals surface area contributed by atoms with E-state index in [0.717, 1.165) is 23.1 Å². The summed E-state index contributed by atoms with van der Waals surface area (Å²) >= 11 is 1.05. The lowest BCUT2D eigenvalue weighted by atomic mass is 9.93. The minimum absolute atomic E-state index is 0.0656. The van der Waals surface area contributed by atoms with Crippen LogP contribution in [0.4, 0.5) is 4.79 Å². The molecule has 17 heavy (non-hydrogen) atoms. The van der Waals surface area contributed by atoms with E-state index in [1.165, 1.54) is 4.90 Å². The SMILES string of the molecule is CCC(C)C1C(=O)N2C(=O)SCC2C(=O)N1C. The van der Waals surface area contributed by atoms with Crippen LogP contribution in [0.5, 0.6) is 0 Å². The van der Waals surface area contributed by atoms with E-state index in [4.69, 9.17) is 0 Å². The zero-order valence-electron chi connectivity index (χ0n) is 10.2. The molecule has 0 bridgehead atoms. The van der Waals surface area contributed by atoms with Crippen LogP contribution in [-0.2, 0) is 9.59 Å². The summed E-state index contributed by atoms with van der Waals surface area (Å²) < 4.78 is 0. The molecule has 94 valence electrons. The quantitative estimate of drug-likeness (QED) is 0.737. The Morgan fingerprint density at radius 1 is 1.35 bits per heavy atom. The van der Waals surface area contributed by atoms with Crippen LogP contribution in [0.1, 0.15) is 20.3 Å². The molecule has 0 aromatic carbocycles. The van der Waals surface area contributed by atoms with Gasteiger partial charge in [0.25, 0.3) is 11.1 Å². The number of carbonyl (C=O) groups is 3. The van der Waals surface area contributed by atoms with Gasteiger partial charge in [-0.3, -0.25) is 19.3 Å². The van der Waals surface area contributed by atoms with Gasteiger partial charge in [0.1, 0.15) is 12.1 Å². The van der Waals surface area contributed by atoms with E-state index in [-0.39, 0.29) is 23.0 Å². The summed E-state index contributed by atoms with van der Waals surface area (Å²) in [7, 11) is 1.65. The van der Waals surface area contributed by atoms with Gasteiger partial charge in [-0.2, -0.15) is 0 Å². The van der Waals surface area contributed by atoms with Gasteiger partial charge in [0.15, 0.2) is 0 Å². The van der Waals surface area contributed by atoms with E-state index in [0.29, 0.717) is 5.75 Å². The fourth-order valence-corrected chi connectivity index (χ4v) is 3.32. The summed E-state index contributed by atoms with van der Waals surface area (Å²) in [6.45, 7) is 3.91. The number of amides is 3. The Balaban J connectivity index is 2.34. The molecule has 3 atom stereocenters. The first kappa shape index (κ1) is 12.4. The molecule has 0 spiro atoms. The third kappa shape index (κ3) is 1.74. The number of rotatable bonds is 2. The Hall–Kier alpha value is -1.04. The van der Waals surface area contributed by atoms with Gasteiger partial charge in [-0.1, -0.05) is 32.0 Å². The Labute approximate surface area is 105 Å². The number of imide groups is 1. The van der Waals surface area contributed by atoms with Crippen molar-refractivity contribution in [2.24, 2.45) is 5.92 Å². The van der Waals surface area contributed by atoms with Crippen LogP contribution >= 0.6 is 11.8 Å². The number of hydrogen-bond donors (Lipinski definition) is 0. The van der Waals surface area contributed by atoms with E-state index in [1.807, 2.05) is 13.8 Å².